The van der Waals surface area contributed by atoms with Gasteiger partial charge in [-0.15, -0.1) is 0 Å². The van der Waals surface area contributed by atoms with Gasteiger partial charge in [-0.3, -0.25) is 9.69 Å². The Balaban J connectivity index is 1.59. The van der Waals surface area contributed by atoms with E-state index in [0.29, 0.717) is 43.5 Å². The molecule has 1 aromatic carbocycles. The van der Waals surface area contributed by atoms with Gasteiger partial charge < -0.3 is 5.32 Å². The van der Waals surface area contributed by atoms with Crippen molar-refractivity contribution < 1.29 is 13.2 Å². The first kappa shape index (κ1) is 20.3. The van der Waals surface area contributed by atoms with Crippen molar-refractivity contribution in [1.29, 1.82) is 0 Å². The predicted octanol–water partition coefficient (Wildman–Crippen LogP) is 1.83. The van der Waals surface area contributed by atoms with E-state index in [9.17, 15) is 13.2 Å². The second-order valence-corrected chi connectivity index (χ2v) is 9.98. The molecular weight excluding hydrogens is 362 g/mol. The molecule has 0 unspecified atom stereocenters. The van der Waals surface area contributed by atoms with Gasteiger partial charge in [-0.25, -0.2) is 8.42 Å². The molecule has 0 bridgehead atoms. The highest BCUT2D eigenvalue weighted by Gasteiger charge is 2.32. The smallest absolute Gasteiger partial charge is 0.243 e. The zero-order chi connectivity index (χ0) is 19.8. The third-order valence-electron chi connectivity index (χ3n) is 5.62. The summed E-state index contributed by atoms with van der Waals surface area (Å²) in [6, 6.07) is 4.08. The Morgan fingerprint density at radius 1 is 1.11 bits per heavy atom. The average Bonchev–Trinajstić information content (AvgIpc) is 3.38. The summed E-state index contributed by atoms with van der Waals surface area (Å²) in [6.07, 6.45) is 2.41. The van der Waals surface area contributed by atoms with E-state index in [0.717, 1.165) is 16.7 Å². The molecule has 1 saturated carbocycles. The number of nitrogens with one attached hydrogen (secondary N) is 1. The summed E-state index contributed by atoms with van der Waals surface area (Å²) in [5, 5.41) is 3.06. The number of nitrogens with zero attached hydrogens (tertiary/aromatic N) is 2. The van der Waals surface area contributed by atoms with Crippen LogP contribution in [0.15, 0.2) is 17.0 Å². The minimum atomic E-state index is -3.51. The fraction of sp³-hybridized carbons (Fsp3) is 0.650. The van der Waals surface area contributed by atoms with Crippen molar-refractivity contribution in [3.63, 3.8) is 0 Å². The second-order valence-electron chi connectivity index (χ2n) is 8.10. The second kappa shape index (κ2) is 7.89. The van der Waals surface area contributed by atoms with E-state index in [2.05, 4.69) is 12.2 Å². The minimum Gasteiger partial charge on any atom is -0.352 e. The van der Waals surface area contributed by atoms with E-state index in [4.69, 9.17) is 0 Å². The molecule has 1 saturated heterocycles. The number of rotatable bonds is 6. The van der Waals surface area contributed by atoms with Gasteiger partial charge in [0.15, 0.2) is 0 Å². The highest BCUT2D eigenvalue weighted by molar-refractivity contribution is 7.89. The van der Waals surface area contributed by atoms with Crippen molar-refractivity contribution in [2.45, 2.75) is 51.5 Å². The van der Waals surface area contributed by atoms with Gasteiger partial charge in [0.2, 0.25) is 15.9 Å². The summed E-state index contributed by atoms with van der Waals surface area (Å²) >= 11 is 0. The van der Waals surface area contributed by atoms with Crippen LogP contribution in [0.2, 0.25) is 0 Å². The normalized spacial score (nSPS) is 20.4. The van der Waals surface area contributed by atoms with Gasteiger partial charge in [0, 0.05) is 32.2 Å². The summed E-state index contributed by atoms with van der Waals surface area (Å²) in [5.74, 6) is 0.674. The van der Waals surface area contributed by atoms with Crippen LogP contribution in [0, 0.1) is 26.7 Å². The summed E-state index contributed by atoms with van der Waals surface area (Å²) in [7, 11) is -3.51. The van der Waals surface area contributed by atoms with Crippen LogP contribution in [0.3, 0.4) is 0 Å². The Bertz CT molecular complexity index is 787. The molecule has 3 rings (SSSR count). The number of hydrogen-bond acceptors (Lipinski definition) is 4. The predicted molar refractivity (Wildman–Crippen MR) is 106 cm³/mol. The molecule has 1 heterocycles. The monoisotopic (exact) mass is 393 g/mol. The molecule has 1 amide bonds. The Hall–Kier alpha value is -1.44. The lowest BCUT2D eigenvalue weighted by Gasteiger charge is -2.34. The Morgan fingerprint density at radius 2 is 1.67 bits per heavy atom. The van der Waals surface area contributed by atoms with Crippen LogP contribution < -0.4 is 5.32 Å². The van der Waals surface area contributed by atoms with E-state index in [1.54, 1.807) is 4.31 Å². The molecule has 1 aliphatic carbocycles. The van der Waals surface area contributed by atoms with E-state index in [1.165, 1.54) is 12.8 Å². The molecule has 7 heteroatoms. The van der Waals surface area contributed by atoms with Gasteiger partial charge in [-0.05, 0) is 57.6 Å². The van der Waals surface area contributed by atoms with Crippen molar-refractivity contribution in [3.8, 4) is 0 Å². The van der Waals surface area contributed by atoms with Crippen LogP contribution in [-0.2, 0) is 14.8 Å². The van der Waals surface area contributed by atoms with Gasteiger partial charge in [0.25, 0.3) is 0 Å². The van der Waals surface area contributed by atoms with Crippen molar-refractivity contribution in [3.05, 3.63) is 28.8 Å². The number of benzene rings is 1. The molecule has 0 aromatic heterocycles. The first-order valence-corrected chi connectivity index (χ1v) is 11.2. The van der Waals surface area contributed by atoms with E-state index in [-0.39, 0.29) is 11.9 Å². The average molecular weight is 394 g/mol. The lowest BCUT2D eigenvalue weighted by atomic mass is 10.1. The Labute approximate surface area is 163 Å². The maximum absolute atomic E-state index is 13.1. The summed E-state index contributed by atoms with van der Waals surface area (Å²) in [5.41, 5.74) is 2.66. The molecule has 27 heavy (non-hydrogen) atoms. The minimum absolute atomic E-state index is 0.0379. The number of aryl methyl sites for hydroxylation is 3. The van der Waals surface area contributed by atoms with E-state index < -0.39 is 10.0 Å². The first-order valence-electron chi connectivity index (χ1n) is 9.78. The van der Waals surface area contributed by atoms with Crippen LogP contribution in [0.5, 0.6) is 0 Å². The highest BCUT2D eigenvalue weighted by Crippen LogP contribution is 2.32. The zero-order valence-corrected chi connectivity index (χ0v) is 17.6. The molecule has 0 spiro atoms. The third kappa shape index (κ3) is 4.70. The number of hydrogen-bond donors (Lipinski definition) is 1. The molecule has 150 valence electrons. The maximum atomic E-state index is 13.1. The molecule has 1 atom stereocenters. The molecule has 1 aliphatic heterocycles. The number of piperazine rings is 1. The Morgan fingerprint density at radius 3 is 2.19 bits per heavy atom. The van der Waals surface area contributed by atoms with Crippen molar-refractivity contribution in [2.75, 3.05) is 32.7 Å². The van der Waals surface area contributed by atoms with Crippen LogP contribution >= 0.6 is 0 Å². The maximum Gasteiger partial charge on any atom is 0.243 e. The molecule has 2 fully saturated rings. The standard InChI is InChI=1S/C20H31N3O3S/c1-14-11-15(2)20(16(3)12-14)27(25,26)23-9-7-22(8-10-23)13-19(24)21-17(4)18-5-6-18/h11-12,17-18H,5-10,13H2,1-4H3,(H,21,24)/t17-/m0/s1. The zero-order valence-electron chi connectivity index (χ0n) is 16.8. The SMILES string of the molecule is Cc1cc(C)c(S(=O)(=O)N2CCN(CC(=O)N[C@@H](C)C3CC3)CC2)c(C)c1. The highest BCUT2D eigenvalue weighted by atomic mass is 32.2. The summed E-state index contributed by atoms with van der Waals surface area (Å²) < 4.78 is 27.8. The quantitative estimate of drug-likeness (QED) is 0.801. The number of carbonyl (C=O) groups excluding carboxylic acids is 1. The lowest BCUT2D eigenvalue weighted by molar-refractivity contribution is -0.123. The van der Waals surface area contributed by atoms with Crippen LogP contribution in [0.1, 0.15) is 36.5 Å². The molecule has 6 nitrogen and oxygen atoms in total. The fourth-order valence-electron chi connectivity index (χ4n) is 4.05. The molecule has 1 N–H and O–H groups in total. The molecule has 2 aliphatic rings. The number of amides is 1. The number of carbonyl (C=O) groups is 1. The van der Waals surface area contributed by atoms with Crippen molar-refractivity contribution >= 4 is 15.9 Å². The van der Waals surface area contributed by atoms with Crippen molar-refractivity contribution in [2.24, 2.45) is 5.92 Å². The van der Waals surface area contributed by atoms with E-state index in [1.807, 2.05) is 37.8 Å². The summed E-state index contributed by atoms with van der Waals surface area (Å²) in [4.78, 5) is 14.7. The molecular formula is C20H31N3O3S. The van der Waals surface area contributed by atoms with Crippen LogP contribution in [0.25, 0.3) is 0 Å². The largest absolute Gasteiger partial charge is 0.352 e. The topological polar surface area (TPSA) is 69.7 Å². The Kier molecular flexibility index (Phi) is 5.93. The van der Waals surface area contributed by atoms with Crippen LogP contribution in [-0.4, -0.2) is 62.3 Å². The van der Waals surface area contributed by atoms with Crippen LogP contribution in [0.4, 0.5) is 0 Å². The lowest BCUT2D eigenvalue weighted by Crippen LogP contribution is -2.51. The van der Waals surface area contributed by atoms with Crippen molar-refractivity contribution in [1.82, 2.24) is 14.5 Å². The fourth-order valence-corrected chi connectivity index (χ4v) is 5.88. The molecule has 1 aromatic rings. The first-order chi connectivity index (χ1) is 12.7. The van der Waals surface area contributed by atoms with Gasteiger partial charge in [0.05, 0.1) is 11.4 Å². The van der Waals surface area contributed by atoms with Gasteiger partial charge in [-0.1, -0.05) is 17.7 Å². The van der Waals surface area contributed by atoms with E-state index >= 15 is 0 Å². The van der Waals surface area contributed by atoms with Gasteiger partial charge in [0.1, 0.15) is 0 Å². The third-order valence-corrected chi connectivity index (χ3v) is 7.82. The van der Waals surface area contributed by atoms with Gasteiger partial charge in [-0.2, -0.15) is 4.31 Å². The van der Waals surface area contributed by atoms with Gasteiger partial charge >= 0.3 is 0 Å². The summed E-state index contributed by atoms with van der Waals surface area (Å²) in [6.45, 7) is 10.1. The molecule has 0 radical (unpaired) electrons. The number of sulfonamides is 1.